The van der Waals surface area contributed by atoms with E-state index in [0.717, 1.165) is 18.2 Å². The molecule has 0 radical (unpaired) electrons. The molecule has 0 heterocycles. The number of rotatable bonds is 5. The Labute approximate surface area is 116 Å². The van der Waals surface area contributed by atoms with Crippen LogP contribution in [0.3, 0.4) is 0 Å². The molecule has 1 aromatic carbocycles. The van der Waals surface area contributed by atoms with Gasteiger partial charge in [0.1, 0.15) is 11.6 Å². The summed E-state index contributed by atoms with van der Waals surface area (Å²) in [4.78, 5) is 13.9. The predicted octanol–water partition coefficient (Wildman–Crippen LogP) is 2.35. The second kappa shape index (κ2) is 6.56. The van der Waals surface area contributed by atoms with Crippen LogP contribution in [0.25, 0.3) is 0 Å². The summed E-state index contributed by atoms with van der Waals surface area (Å²) in [5.74, 6) is -2.15. The van der Waals surface area contributed by atoms with Gasteiger partial charge in [-0.2, -0.15) is 0 Å². The maximum absolute atomic E-state index is 13.1. The molecule has 0 bridgehead atoms. The lowest BCUT2D eigenvalue weighted by Gasteiger charge is -2.24. The van der Waals surface area contributed by atoms with Crippen molar-refractivity contribution in [2.75, 3.05) is 13.1 Å². The standard InChI is InChI=1S/C13H16F2N2OS/c1-3-17(7-8(2)12(16)19)13(18)9-4-10(14)6-11(15)5-9/h4-6,8H,3,7H2,1-2H3,(H2,16,19). The highest BCUT2D eigenvalue weighted by molar-refractivity contribution is 7.80. The van der Waals surface area contributed by atoms with Crippen molar-refractivity contribution in [3.63, 3.8) is 0 Å². The Kier molecular flexibility index (Phi) is 5.35. The third-order valence-electron chi connectivity index (χ3n) is 2.76. The molecule has 6 heteroatoms. The van der Waals surface area contributed by atoms with Crippen LogP contribution in [0.1, 0.15) is 24.2 Å². The zero-order chi connectivity index (χ0) is 14.6. The molecule has 0 fully saturated rings. The molecule has 104 valence electrons. The molecule has 1 unspecified atom stereocenters. The molecule has 2 N–H and O–H groups in total. The first kappa shape index (κ1) is 15.5. The van der Waals surface area contributed by atoms with Crippen LogP contribution in [0.5, 0.6) is 0 Å². The van der Waals surface area contributed by atoms with Crippen molar-refractivity contribution in [3.8, 4) is 0 Å². The minimum Gasteiger partial charge on any atom is -0.393 e. The Morgan fingerprint density at radius 3 is 2.32 bits per heavy atom. The maximum Gasteiger partial charge on any atom is 0.254 e. The first-order valence-electron chi connectivity index (χ1n) is 5.89. The van der Waals surface area contributed by atoms with Crippen molar-refractivity contribution in [3.05, 3.63) is 35.4 Å². The number of amides is 1. The average Bonchev–Trinajstić information content (AvgIpc) is 2.33. The third-order valence-corrected chi connectivity index (χ3v) is 3.16. The summed E-state index contributed by atoms with van der Waals surface area (Å²) in [5, 5.41) is 0. The molecule has 0 aromatic heterocycles. The van der Waals surface area contributed by atoms with Crippen molar-refractivity contribution in [1.29, 1.82) is 0 Å². The van der Waals surface area contributed by atoms with Crippen LogP contribution in [-0.4, -0.2) is 28.9 Å². The van der Waals surface area contributed by atoms with Gasteiger partial charge in [-0.05, 0) is 19.1 Å². The van der Waals surface area contributed by atoms with E-state index in [1.807, 2.05) is 0 Å². The Balaban J connectivity index is 2.92. The maximum atomic E-state index is 13.1. The summed E-state index contributed by atoms with van der Waals surface area (Å²) < 4.78 is 26.2. The number of benzene rings is 1. The number of carbonyl (C=O) groups is 1. The summed E-state index contributed by atoms with van der Waals surface area (Å²) in [7, 11) is 0. The fourth-order valence-electron chi connectivity index (χ4n) is 1.64. The number of halogens is 2. The fourth-order valence-corrected chi connectivity index (χ4v) is 1.71. The van der Waals surface area contributed by atoms with Crippen LogP contribution < -0.4 is 5.73 Å². The van der Waals surface area contributed by atoms with Gasteiger partial charge in [0.15, 0.2) is 0 Å². The van der Waals surface area contributed by atoms with E-state index in [-0.39, 0.29) is 11.5 Å². The van der Waals surface area contributed by atoms with E-state index in [2.05, 4.69) is 0 Å². The molecule has 0 saturated carbocycles. The SMILES string of the molecule is CCN(CC(C)C(N)=S)C(=O)c1cc(F)cc(F)c1. The topological polar surface area (TPSA) is 46.3 Å². The zero-order valence-corrected chi connectivity index (χ0v) is 11.6. The number of thiocarbonyl (C=S) groups is 1. The largest absolute Gasteiger partial charge is 0.393 e. The van der Waals surface area contributed by atoms with E-state index >= 15 is 0 Å². The van der Waals surface area contributed by atoms with Crippen LogP contribution in [0, 0.1) is 17.6 Å². The number of hydrogen-bond acceptors (Lipinski definition) is 2. The van der Waals surface area contributed by atoms with Crippen molar-refractivity contribution >= 4 is 23.1 Å². The normalized spacial score (nSPS) is 12.0. The second-order valence-corrected chi connectivity index (χ2v) is 4.78. The van der Waals surface area contributed by atoms with E-state index in [1.165, 1.54) is 4.90 Å². The molecule has 0 spiro atoms. The van der Waals surface area contributed by atoms with Crippen molar-refractivity contribution in [2.24, 2.45) is 11.7 Å². The van der Waals surface area contributed by atoms with E-state index in [0.29, 0.717) is 18.1 Å². The molecule has 1 amide bonds. The van der Waals surface area contributed by atoms with Crippen molar-refractivity contribution < 1.29 is 13.6 Å². The molecular weight excluding hydrogens is 270 g/mol. The molecule has 1 aromatic rings. The van der Waals surface area contributed by atoms with E-state index < -0.39 is 17.5 Å². The second-order valence-electron chi connectivity index (χ2n) is 4.31. The molecule has 1 atom stereocenters. The van der Waals surface area contributed by atoms with Gasteiger partial charge in [0, 0.05) is 30.6 Å². The highest BCUT2D eigenvalue weighted by Crippen LogP contribution is 2.12. The number of nitrogens with zero attached hydrogens (tertiary/aromatic N) is 1. The first-order valence-corrected chi connectivity index (χ1v) is 6.30. The Bertz CT molecular complexity index is 473. The molecule has 1 rings (SSSR count). The molecule has 3 nitrogen and oxygen atoms in total. The zero-order valence-electron chi connectivity index (χ0n) is 10.8. The summed E-state index contributed by atoms with van der Waals surface area (Å²) >= 11 is 4.85. The molecule has 0 aliphatic carbocycles. The van der Waals surface area contributed by atoms with E-state index in [9.17, 15) is 13.6 Å². The van der Waals surface area contributed by atoms with Gasteiger partial charge in [0.05, 0.1) is 4.99 Å². The highest BCUT2D eigenvalue weighted by Gasteiger charge is 2.19. The Morgan fingerprint density at radius 1 is 1.37 bits per heavy atom. The van der Waals surface area contributed by atoms with Crippen molar-refractivity contribution in [2.45, 2.75) is 13.8 Å². The van der Waals surface area contributed by atoms with Gasteiger partial charge < -0.3 is 10.6 Å². The predicted molar refractivity (Wildman–Crippen MR) is 73.9 cm³/mol. The third kappa shape index (κ3) is 4.24. The highest BCUT2D eigenvalue weighted by atomic mass is 32.1. The monoisotopic (exact) mass is 286 g/mol. The van der Waals surface area contributed by atoms with Crippen LogP contribution in [0.2, 0.25) is 0 Å². The van der Waals surface area contributed by atoms with Gasteiger partial charge >= 0.3 is 0 Å². The first-order chi connectivity index (χ1) is 8.85. The number of carbonyl (C=O) groups excluding carboxylic acids is 1. The summed E-state index contributed by atoms with van der Waals surface area (Å²) in [6, 6.07) is 2.75. The van der Waals surface area contributed by atoms with Gasteiger partial charge in [-0.25, -0.2) is 8.78 Å². The smallest absolute Gasteiger partial charge is 0.254 e. The summed E-state index contributed by atoms with van der Waals surface area (Å²) in [6.07, 6.45) is 0. The van der Waals surface area contributed by atoms with Crippen molar-refractivity contribution in [1.82, 2.24) is 4.90 Å². The van der Waals surface area contributed by atoms with Crippen LogP contribution in [0.15, 0.2) is 18.2 Å². The minimum absolute atomic E-state index is 0.0190. The van der Waals surface area contributed by atoms with Gasteiger partial charge in [-0.1, -0.05) is 19.1 Å². The van der Waals surface area contributed by atoms with Crippen LogP contribution >= 0.6 is 12.2 Å². The van der Waals surface area contributed by atoms with Gasteiger partial charge in [-0.3, -0.25) is 4.79 Å². The molecular formula is C13H16F2N2OS. The molecule has 0 aliphatic heterocycles. The quantitative estimate of drug-likeness (QED) is 0.845. The summed E-state index contributed by atoms with van der Waals surface area (Å²) in [5.41, 5.74) is 5.48. The Hall–Kier alpha value is -1.56. The van der Waals surface area contributed by atoms with Gasteiger partial charge in [0.2, 0.25) is 0 Å². The fraction of sp³-hybridized carbons (Fsp3) is 0.385. The molecule has 19 heavy (non-hydrogen) atoms. The average molecular weight is 286 g/mol. The molecule has 0 aliphatic rings. The lowest BCUT2D eigenvalue weighted by atomic mass is 10.1. The summed E-state index contributed by atoms with van der Waals surface area (Å²) in [6.45, 7) is 4.30. The van der Waals surface area contributed by atoms with E-state index in [1.54, 1.807) is 13.8 Å². The van der Waals surface area contributed by atoms with Gasteiger partial charge in [0.25, 0.3) is 5.91 Å². The van der Waals surface area contributed by atoms with Crippen LogP contribution in [-0.2, 0) is 0 Å². The number of nitrogens with two attached hydrogens (primary N) is 1. The van der Waals surface area contributed by atoms with E-state index in [4.69, 9.17) is 18.0 Å². The lowest BCUT2D eigenvalue weighted by Crippen LogP contribution is -2.38. The molecule has 0 saturated heterocycles. The van der Waals surface area contributed by atoms with Gasteiger partial charge in [-0.15, -0.1) is 0 Å². The Morgan fingerprint density at radius 2 is 1.89 bits per heavy atom. The number of hydrogen-bond donors (Lipinski definition) is 1. The van der Waals surface area contributed by atoms with Crippen LogP contribution in [0.4, 0.5) is 8.78 Å². The minimum atomic E-state index is -0.776. The lowest BCUT2D eigenvalue weighted by molar-refractivity contribution is 0.0754.